The van der Waals surface area contributed by atoms with Gasteiger partial charge in [0.1, 0.15) is 0 Å². The molecule has 4 N–H and O–H groups in total. The molecule has 3 unspecified atom stereocenters. The lowest BCUT2D eigenvalue weighted by molar-refractivity contribution is -0.124. The molecule has 0 aliphatic carbocycles. The summed E-state index contributed by atoms with van der Waals surface area (Å²) in [4.78, 5) is 14.4. The summed E-state index contributed by atoms with van der Waals surface area (Å²) in [6.07, 6.45) is 2.97. The van der Waals surface area contributed by atoms with Crippen molar-refractivity contribution in [1.82, 2.24) is 10.2 Å². The van der Waals surface area contributed by atoms with Crippen LogP contribution in [0, 0.1) is 5.92 Å². The van der Waals surface area contributed by atoms with E-state index in [9.17, 15) is 4.79 Å². The Labute approximate surface area is 119 Å². The van der Waals surface area contributed by atoms with Crippen LogP contribution in [-0.2, 0) is 9.53 Å². The number of carbonyl (C=O) groups is 1. The second kappa shape index (κ2) is 6.90. The Hall–Kier alpha value is -1.34. The van der Waals surface area contributed by atoms with Gasteiger partial charge in [-0.05, 0) is 25.8 Å². The minimum Gasteiger partial charge on any atom is -0.409 e. The molecular formula is C13H24N4O3. The first-order chi connectivity index (χ1) is 9.65. The fraction of sp³-hybridized carbons (Fsp3) is 0.846. The maximum Gasteiger partial charge on any atom is 0.230 e. The van der Waals surface area contributed by atoms with Crippen LogP contribution in [-0.4, -0.2) is 60.2 Å². The molecule has 1 amide bonds. The lowest BCUT2D eigenvalue weighted by Gasteiger charge is -2.35. The molecule has 20 heavy (non-hydrogen) atoms. The Kier molecular flexibility index (Phi) is 5.19. The number of amidine groups is 1. The monoisotopic (exact) mass is 284 g/mol. The van der Waals surface area contributed by atoms with Gasteiger partial charge in [-0.25, -0.2) is 0 Å². The highest BCUT2D eigenvalue weighted by Gasteiger charge is 2.32. The van der Waals surface area contributed by atoms with E-state index < -0.39 is 5.92 Å². The number of carbonyl (C=O) groups excluding carboxylic acids is 1. The number of nitrogens with zero attached hydrogens (tertiary/aromatic N) is 2. The molecule has 2 rings (SSSR count). The zero-order valence-corrected chi connectivity index (χ0v) is 11.9. The van der Waals surface area contributed by atoms with Gasteiger partial charge in [-0.15, -0.1) is 0 Å². The number of hydrogen-bond acceptors (Lipinski definition) is 5. The molecule has 3 atom stereocenters. The quantitative estimate of drug-likeness (QED) is 0.279. The van der Waals surface area contributed by atoms with Gasteiger partial charge in [0.05, 0.1) is 18.6 Å². The molecule has 7 nitrogen and oxygen atoms in total. The van der Waals surface area contributed by atoms with Crippen molar-refractivity contribution in [1.29, 1.82) is 0 Å². The van der Waals surface area contributed by atoms with E-state index in [-0.39, 0.29) is 17.8 Å². The highest BCUT2D eigenvalue weighted by molar-refractivity contribution is 6.01. The fourth-order valence-electron chi connectivity index (χ4n) is 2.95. The average Bonchev–Trinajstić information content (AvgIpc) is 2.93. The van der Waals surface area contributed by atoms with Crippen LogP contribution in [0.2, 0.25) is 0 Å². The molecule has 7 heteroatoms. The smallest absolute Gasteiger partial charge is 0.230 e. The zero-order valence-electron chi connectivity index (χ0n) is 11.9. The average molecular weight is 284 g/mol. The summed E-state index contributed by atoms with van der Waals surface area (Å²) in [5, 5.41) is 14.4. The summed E-state index contributed by atoms with van der Waals surface area (Å²) in [6.45, 7) is 5.04. The summed E-state index contributed by atoms with van der Waals surface area (Å²) in [5.41, 5.74) is 5.51. The maximum absolute atomic E-state index is 12.0. The van der Waals surface area contributed by atoms with Gasteiger partial charge in [0.25, 0.3) is 0 Å². The predicted molar refractivity (Wildman–Crippen MR) is 74.5 cm³/mol. The SMILES string of the molecule is CCC(C(=O)NCC1CN2CCCC2CO1)C(N)=NO. The van der Waals surface area contributed by atoms with E-state index in [0.717, 1.165) is 19.7 Å². The van der Waals surface area contributed by atoms with Gasteiger partial charge in [-0.1, -0.05) is 12.1 Å². The van der Waals surface area contributed by atoms with Crippen molar-refractivity contribution < 1.29 is 14.7 Å². The van der Waals surface area contributed by atoms with Crippen molar-refractivity contribution >= 4 is 11.7 Å². The Morgan fingerprint density at radius 1 is 1.65 bits per heavy atom. The number of hydrogen-bond donors (Lipinski definition) is 3. The van der Waals surface area contributed by atoms with E-state index >= 15 is 0 Å². The highest BCUT2D eigenvalue weighted by Crippen LogP contribution is 2.22. The lowest BCUT2D eigenvalue weighted by atomic mass is 10.0. The third-order valence-corrected chi connectivity index (χ3v) is 4.16. The van der Waals surface area contributed by atoms with E-state index in [2.05, 4.69) is 15.4 Å². The standard InChI is InChI=1S/C13H24N4O3/c1-2-11(12(14)16-19)13(18)15-6-10-7-17-5-3-4-9(17)8-20-10/h9-11,19H,2-8H2,1H3,(H2,14,16)(H,15,18). The molecule has 0 spiro atoms. The summed E-state index contributed by atoms with van der Waals surface area (Å²) in [7, 11) is 0. The number of oxime groups is 1. The first-order valence-electron chi connectivity index (χ1n) is 7.26. The molecule has 0 aromatic heterocycles. The molecule has 2 heterocycles. The van der Waals surface area contributed by atoms with Crippen molar-refractivity contribution in [3.05, 3.63) is 0 Å². The topological polar surface area (TPSA) is 100 Å². The molecule has 114 valence electrons. The first kappa shape index (κ1) is 15.1. The largest absolute Gasteiger partial charge is 0.409 e. The van der Waals surface area contributed by atoms with E-state index in [4.69, 9.17) is 15.7 Å². The summed E-state index contributed by atoms with van der Waals surface area (Å²) < 4.78 is 5.78. The summed E-state index contributed by atoms with van der Waals surface area (Å²) in [6, 6.07) is 0.558. The first-order valence-corrected chi connectivity index (χ1v) is 7.26. The van der Waals surface area contributed by atoms with Crippen LogP contribution in [0.15, 0.2) is 5.16 Å². The van der Waals surface area contributed by atoms with Crippen LogP contribution < -0.4 is 11.1 Å². The third kappa shape index (κ3) is 3.40. The molecular weight excluding hydrogens is 260 g/mol. The molecule has 0 aromatic rings. The normalized spacial score (nSPS) is 28.9. The molecule has 0 radical (unpaired) electrons. The molecule has 2 fully saturated rings. The van der Waals surface area contributed by atoms with E-state index in [0.29, 0.717) is 19.0 Å². The zero-order chi connectivity index (χ0) is 14.5. The number of fused-ring (bicyclic) bond motifs is 1. The predicted octanol–water partition coefficient (Wildman–Crippen LogP) is -0.262. The Bertz CT molecular complexity index is 375. The van der Waals surface area contributed by atoms with Gasteiger partial charge in [0.2, 0.25) is 5.91 Å². The third-order valence-electron chi connectivity index (χ3n) is 4.16. The molecule has 2 saturated heterocycles. The van der Waals surface area contributed by atoms with Gasteiger partial charge in [-0.3, -0.25) is 9.69 Å². The van der Waals surface area contributed by atoms with E-state index in [1.807, 2.05) is 6.92 Å². The van der Waals surface area contributed by atoms with E-state index in [1.165, 1.54) is 12.8 Å². The highest BCUT2D eigenvalue weighted by atomic mass is 16.5. The number of nitrogens with one attached hydrogen (secondary N) is 1. The molecule has 0 bridgehead atoms. The van der Waals surface area contributed by atoms with Crippen molar-refractivity contribution in [2.24, 2.45) is 16.8 Å². The Balaban J connectivity index is 1.78. The number of rotatable bonds is 5. The number of nitrogens with two attached hydrogens (primary N) is 1. The van der Waals surface area contributed by atoms with Crippen LogP contribution in [0.4, 0.5) is 0 Å². The summed E-state index contributed by atoms with van der Waals surface area (Å²) in [5.74, 6) is -0.841. The van der Waals surface area contributed by atoms with Crippen molar-refractivity contribution in [2.75, 3.05) is 26.2 Å². The van der Waals surface area contributed by atoms with Gasteiger partial charge in [0.15, 0.2) is 5.84 Å². The van der Waals surface area contributed by atoms with Gasteiger partial charge in [-0.2, -0.15) is 0 Å². The van der Waals surface area contributed by atoms with Crippen molar-refractivity contribution in [3.8, 4) is 0 Å². The number of amides is 1. The Morgan fingerprint density at radius 3 is 3.15 bits per heavy atom. The van der Waals surface area contributed by atoms with E-state index in [1.54, 1.807) is 0 Å². The van der Waals surface area contributed by atoms with Crippen LogP contribution in [0.25, 0.3) is 0 Å². The minimum absolute atomic E-state index is 0.0260. The second-order valence-electron chi connectivity index (χ2n) is 5.48. The number of ether oxygens (including phenoxy) is 1. The van der Waals surface area contributed by atoms with Crippen molar-refractivity contribution in [3.63, 3.8) is 0 Å². The maximum atomic E-state index is 12.0. The molecule has 2 aliphatic heterocycles. The minimum atomic E-state index is -0.580. The van der Waals surface area contributed by atoms with Crippen LogP contribution in [0.3, 0.4) is 0 Å². The van der Waals surface area contributed by atoms with Gasteiger partial charge < -0.3 is 21.0 Å². The number of morpholine rings is 1. The summed E-state index contributed by atoms with van der Waals surface area (Å²) >= 11 is 0. The van der Waals surface area contributed by atoms with Crippen molar-refractivity contribution in [2.45, 2.75) is 38.3 Å². The van der Waals surface area contributed by atoms with Crippen LogP contribution in [0.1, 0.15) is 26.2 Å². The van der Waals surface area contributed by atoms with Gasteiger partial charge in [0, 0.05) is 19.1 Å². The van der Waals surface area contributed by atoms with Crippen LogP contribution in [0.5, 0.6) is 0 Å². The fourth-order valence-corrected chi connectivity index (χ4v) is 2.95. The molecule has 0 saturated carbocycles. The second-order valence-corrected chi connectivity index (χ2v) is 5.48. The van der Waals surface area contributed by atoms with Gasteiger partial charge >= 0.3 is 0 Å². The molecule has 0 aromatic carbocycles. The van der Waals surface area contributed by atoms with Crippen LogP contribution >= 0.6 is 0 Å². The Morgan fingerprint density at radius 2 is 2.45 bits per heavy atom. The molecule has 2 aliphatic rings. The lowest BCUT2D eigenvalue weighted by Crippen LogP contribution is -2.51.